The van der Waals surface area contributed by atoms with Crippen LogP contribution in [0.4, 0.5) is 4.79 Å². The third kappa shape index (κ3) is 3.73. The van der Waals surface area contributed by atoms with E-state index in [9.17, 15) is 19.2 Å². The molecule has 1 aliphatic rings. The van der Waals surface area contributed by atoms with E-state index in [1.54, 1.807) is 54.6 Å². The molecule has 3 aromatic rings. The van der Waals surface area contributed by atoms with Gasteiger partial charge in [0.25, 0.3) is 11.8 Å². The zero-order chi connectivity index (χ0) is 20.4. The average molecular weight is 392 g/mol. The van der Waals surface area contributed by atoms with Crippen molar-refractivity contribution in [2.45, 2.75) is 6.04 Å². The number of imide groups is 1. The van der Waals surface area contributed by atoms with Gasteiger partial charge in [-0.05, 0) is 17.7 Å². The summed E-state index contributed by atoms with van der Waals surface area (Å²) in [7, 11) is 0. The summed E-state index contributed by atoms with van der Waals surface area (Å²) < 4.78 is 10.3. The number of cyclic esters (lactones) is 1. The summed E-state index contributed by atoms with van der Waals surface area (Å²) in [5.74, 6) is -1.28. The molecule has 1 fully saturated rings. The number of rotatable bonds is 5. The quantitative estimate of drug-likeness (QED) is 0.714. The minimum atomic E-state index is -0.762. The van der Waals surface area contributed by atoms with Crippen molar-refractivity contribution in [1.82, 2.24) is 10.2 Å². The molecule has 1 N–H and O–H groups in total. The largest absolute Gasteiger partial charge is 0.451 e. The van der Waals surface area contributed by atoms with Crippen molar-refractivity contribution in [3.05, 3.63) is 82.2 Å². The highest BCUT2D eigenvalue weighted by atomic mass is 16.6. The van der Waals surface area contributed by atoms with Crippen molar-refractivity contribution < 1.29 is 23.5 Å². The number of ether oxygens (including phenoxy) is 1. The zero-order valence-corrected chi connectivity index (χ0v) is 15.2. The molecule has 1 atom stereocenters. The van der Waals surface area contributed by atoms with Gasteiger partial charge < -0.3 is 14.5 Å². The Balaban J connectivity index is 1.63. The van der Waals surface area contributed by atoms with Gasteiger partial charge >= 0.3 is 6.09 Å². The molecule has 0 radical (unpaired) electrons. The highest BCUT2D eigenvalue weighted by Crippen LogP contribution is 2.19. The van der Waals surface area contributed by atoms with Crippen LogP contribution in [0.15, 0.2) is 69.9 Å². The van der Waals surface area contributed by atoms with Gasteiger partial charge in [0.15, 0.2) is 17.8 Å². The Morgan fingerprint density at radius 1 is 1.03 bits per heavy atom. The van der Waals surface area contributed by atoms with Crippen molar-refractivity contribution in [2.24, 2.45) is 0 Å². The van der Waals surface area contributed by atoms with Gasteiger partial charge in [-0.15, -0.1) is 0 Å². The van der Waals surface area contributed by atoms with Gasteiger partial charge in [0, 0.05) is 6.07 Å². The minimum absolute atomic E-state index is 0.106. The second-order valence-corrected chi connectivity index (χ2v) is 6.47. The Labute approximate surface area is 164 Å². The summed E-state index contributed by atoms with van der Waals surface area (Å²) in [6.07, 6.45) is -0.762. The van der Waals surface area contributed by atoms with Crippen LogP contribution in [-0.2, 0) is 9.53 Å². The highest BCUT2D eigenvalue weighted by Gasteiger charge is 2.34. The molecule has 2 aromatic carbocycles. The molecule has 2 heterocycles. The molecular formula is C21H16N2O6. The summed E-state index contributed by atoms with van der Waals surface area (Å²) >= 11 is 0. The van der Waals surface area contributed by atoms with Crippen LogP contribution in [0, 0.1) is 0 Å². The van der Waals surface area contributed by atoms with Crippen molar-refractivity contribution >= 4 is 28.9 Å². The fourth-order valence-corrected chi connectivity index (χ4v) is 3.11. The molecule has 0 aliphatic carbocycles. The third-order valence-electron chi connectivity index (χ3n) is 4.57. The van der Waals surface area contributed by atoms with Crippen LogP contribution < -0.4 is 10.7 Å². The van der Waals surface area contributed by atoms with Crippen molar-refractivity contribution in [3.63, 3.8) is 0 Å². The van der Waals surface area contributed by atoms with Gasteiger partial charge in [-0.1, -0.05) is 42.5 Å². The number of para-hydroxylation sites is 1. The number of hydrogen-bond donors (Lipinski definition) is 1. The fraction of sp³-hybridized carbons (Fsp3) is 0.143. The molecule has 8 heteroatoms. The van der Waals surface area contributed by atoms with Gasteiger partial charge in [-0.25, -0.2) is 9.69 Å². The molecule has 1 aromatic heterocycles. The number of nitrogens with one attached hydrogen (secondary N) is 1. The summed E-state index contributed by atoms with van der Waals surface area (Å²) in [6.45, 7) is -0.431. The van der Waals surface area contributed by atoms with Crippen LogP contribution in [0.2, 0.25) is 0 Å². The van der Waals surface area contributed by atoms with E-state index < -0.39 is 23.9 Å². The minimum Gasteiger partial charge on any atom is -0.451 e. The Morgan fingerprint density at radius 3 is 2.48 bits per heavy atom. The van der Waals surface area contributed by atoms with E-state index in [2.05, 4.69) is 5.32 Å². The monoisotopic (exact) mass is 392 g/mol. The molecule has 8 nitrogen and oxygen atoms in total. The fourth-order valence-electron chi connectivity index (χ4n) is 3.11. The molecule has 0 bridgehead atoms. The number of benzene rings is 2. The lowest BCUT2D eigenvalue weighted by Crippen LogP contribution is -2.40. The summed E-state index contributed by atoms with van der Waals surface area (Å²) in [5, 5.41) is 3.11. The van der Waals surface area contributed by atoms with Gasteiger partial charge in [0.2, 0.25) is 0 Å². The molecule has 3 amide bonds. The molecule has 29 heavy (non-hydrogen) atoms. The number of carbonyl (C=O) groups is 3. The molecular weight excluding hydrogens is 376 g/mol. The summed E-state index contributed by atoms with van der Waals surface area (Å²) in [6, 6.07) is 15.9. The predicted molar refractivity (Wildman–Crippen MR) is 102 cm³/mol. The first-order valence-electron chi connectivity index (χ1n) is 8.89. The molecule has 1 unspecified atom stereocenters. The van der Waals surface area contributed by atoms with E-state index in [-0.39, 0.29) is 24.3 Å². The molecule has 0 spiro atoms. The SMILES string of the molecule is O=C(NC(CN1C(=O)COC1=O)c1ccccc1)c1cc(=O)c2ccccc2o1. The van der Waals surface area contributed by atoms with Crippen LogP contribution in [-0.4, -0.2) is 36.0 Å². The lowest BCUT2D eigenvalue weighted by molar-refractivity contribution is -0.126. The topological polar surface area (TPSA) is 106 Å². The number of fused-ring (bicyclic) bond motifs is 1. The van der Waals surface area contributed by atoms with Crippen LogP contribution in [0.3, 0.4) is 0 Å². The van der Waals surface area contributed by atoms with Gasteiger partial charge in [0.05, 0.1) is 18.0 Å². The van der Waals surface area contributed by atoms with E-state index in [1.165, 1.54) is 0 Å². The van der Waals surface area contributed by atoms with E-state index in [1.807, 2.05) is 0 Å². The maximum atomic E-state index is 12.8. The summed E-state index contributed by atoms with van der Waals surface area (Å²) in [5.41, 5.74) is 0.628. The predicted octanol–water partition coefficient (Wildman–Crippen LogP) is 2.24. The zero-order valence-electron chi connectivity index (χ0n) is 15.2. The maximum absolute atomic E-state index is 12.8. The average Bonchev–Trinajstić information content (AvgIpc) is 3.05. The van der Waals surface area contributed by atoms with Crippen LogP contribution in [0.5, 0.6) is 0 Å². The summed E-state index contributed by atoms with van der Waals surface area (Å²) in [4.78, 5) is 49.7. The van der Waals surface area contributed by atoms with Crippen molar-refractivity contribution in [2.75, 3.05) is 13.2 Å². The van der Waals surface area contributed by atoms with Crippen LogP contribution in [0.1, 0.15) is 22.2 Å². The second-order valence-electron chi connectivity index (χ2n) is 6.47. The molecule has 1 aliphatic heterocycles. The van der Waals surface area contributed by atoms with Crippen molar-refractivity contribution in [1.29, 1.82) is 0 Å². The standard InChI is InChI=1S/C21H16N2O6/c24-16-10-18(29-17-9-5-4-8-14(16)17)20(26)22-15(13-6-2-1-3-7-13)11-23-19(25)12-28-21(23)27/h1-10,15H,11-12H2,(H,22,26). The molecule has 146 valence electrons. The lowest BCUT2D eigenvalue weighted by Gasteiger charge is -2.22. The van der Waals surface area contributed by atoms with Crippen LogP contribution >= 0.6 is 0 Å². The normalized spacial score (nSPS) is 14.7. The third-order valence-corrected chi connectivity index (χ3v) is 4.57. The lowest BCUT2D eigenvalue weighted by atomic mass is 10.1. The molecule has 0 saturated carbocycles. The van der Waals surface area contributed by atoms with E-state index in [4.69, 9.17) is 9.15 Å². The molecule has 4 rings (SSSR count). The van der Waals surface area contributed by atoms with Gasteiger partial charge in [-0.3, -0.25) is 14.4 Å². The Morgan fingerprint density at radius 2 is 1.76 bits per heavy atom. The first kappa shape index (κ1) is 18.4. The van der Waals surface area contributed by atoms with E-state index in [0.29, 0.717) is 16.5 Å². The van der Waals surface area contributed by atoms with E-state index in [0.717, 1.165) is 11.0 Å². The smallest absolute Gasteiger partial charge is 0.417 e. The number of hydrogen-bond acceptors (Lipinski definition) is 6. The highest BCUT2D eigenvalue weighted by molar-refractivity contribution is 5.98. The number of carbonyl (C=O) groups excluding carboxylic acids is 3. The van der Waals surface area contributed by atoms with Crippen LogP contribution in [0.25, 0.3) is 11.0 Å². The Hall–Kier alpha value is -3.94. The first-order valence-corrected chi connectivity index (χ1v) is 8.89. The first-order chi connectivity index (χ1) is 14.0. The van der Waals surface area contributed by atoms with Gasteiger partial charge in [-0.2, -0.15) is 0 Å². The number of nitrogens with zero attached hydrogens (tertiary/aromatic N) is 1. The maximum Gasteiger partial charge on any atom is 0.417 e. The Kier molecular flexibility index (Phi) is 4.82. The second kappa shape index (κ2) is 7.59. The Bertz CT molecular complexity index is 1140. The van der Waals surface area contributed by atoms with E-state index >= 15 is 0 Å². The van der Waals surface area contributed by atoms with Crippen molar-refractivity contribution in [3.8, 4) is 0 Å². The molecule has 1 saturated heterocycles. The number of amides is 3. The van der Waals surface area contributed by atoms with Gasteiger partial charge in [0.1, 0.15) is 5.58 Å².